The SMILES string of the molecule is CC=CC=CC=CC=CC=C(O)c1ccccc1. The van der Waals surface area contributed by atoms with Gasteiger partial charge in [-0.05, 0) is 13.0 Å². The van der Waals surface area contributed by atoms with E-state index in [0.29, 0.717) is 0 Å². The molecule has 1 heteroatoms. The molecule has 1 rings (SSSR count). The molecule has 0 radical (unpaired) electrons. The largest absolute Gasteiger partial charge is 0.507 e. The van der Waals surface area contributed by atoms with Gasteiger partial charge in [0.1, 0.15) is 5.76 Å². The fraction of sp³-hybridized carbons (Fsp3) is 0.0588. The van der Waals surface area contributed by atoms with Crippen molar-refractivity contribution in [3.8, 4) is 0 Å². The summed E-state index contributed by atoms with van der Waals surface area (Å²) in [5, 5.41) is 9.76. The van der Waals surface area contributed by atoms with Gasteiger partial charge in [0.2, 0.25) is 0 Å². The van der Waals surface area contributed by atoms with E-state index >= 15 is 0 Å². The molecule has 1 aromatic rings. The van der Waals surface area contributed by atoms with Gasteiger partial charge in [-0.25, -0.2) is 0 Å². The molecule has 0 aliphatic carbocycles. The fourth-order valence-corrected chi connectivity index (χ4v) is 1.28. The molecule has 0 atom stereocenters. The van der Waals surface area contributed by atoms with Crippen LogP contribution in [0.4, 0.5) is 0 Å². The second-order valence-corrected chi connectivity index (χ2v) is 3.60. The topological polar surface area (TPSA) is 20.2 Å². The number of benzene rings is 1. The van der Waals surface area contributed by atoms with Crippen LogP contribution in [0.2, 0.25) is 0 Å². The smallest absolute Gasteiger partial charge is 0.122 e. The second kappa shape index (κ2) is 8.82. The van der Waals surface area contributed by atoms with Crippen LogP contribution < -0.4 is 0 Å². The lowest BCUT2D eigenvalue weighted by molar-refractivity contribution is 0.512. The number of hydrogen-bond acceptors (Lipinski definition) is 1. The first kappa shape index (κ1) is 13.8. The molecule has 92 valence electrons. The maximum Gasteiger partial charge on any atom is 0.122 e. The third-order valence-corrected chi connectivity index (χ3v) is 2.18. The van der Waals surface area contributed by atoms with Crippen LogP contribution in [-0.2, 0) is 0 Å². The van der Waals surface area contributed by atoms with Crippen molar-refractivity contribution in [3.05, 3.63) is 90.6 Å². The highest BCUT2D eigenvalue weighted by molar-refractivity contribution is 5.59. The second-order valence-electron chi connectivity index (χ2n) is 3.60. The quantitative estimate of drug-likeness (QED) is 0.575. The van der Waals surface area contributed by atoms with Crippen LogP contribution in [0.1, 0.15) is 12.5 Å². The molecule has 0 aromatic heterocycles. The van der Waals surface area contributed by atoms with Gasteiger partial charge in [-0.15, -0.1) is 0 Å². The van der Waals surface area contributed by atoms with E-state index in [1.165, 1.54) is 0 Å². The van der Waals surface area contributed by atoms with Gasteiger partial charge in [0.15, 0.2) is 0 Å². The highest BCUT2D eigenvalue weighted by Crippen LogP contribution is 2.09. The zero-order chi connectivity index (χ0) is 13.1. The van der Waals surface area contributed by atoms with Crippen molar-refractivity contribution in [1.29, 1.82) is 0 Å². The number of allylic oxidation sites excluding steroid dienone is 9. The van der Waals surface area contributed by atoms with Gasteiger partial charge in [0.25, 0.3) is 0 Å². The summed E-state index contributed by atoms with van der Waals surface area (Å²) in [5.74, 6) is 0.268. The molecular formula is C17H18O. The lowest BCUT2D eigenvalue weighted by atomic mass is 10.2. The van der Waals surface area contributed by atoms with Gasteiger partial charge in [0.05, 0.1) is 0 Å². The van der Waals surface area contributed by atoms with Gasteiger partial charge in [-0.1, -0.05) is 78.9 Å². The van der Waals surface area contributed by atoms with Crippen LogP contribution >= 0.6 is 0 Å². The van der Waals surface area contributed by atoms with Crippen molar-refractivity contribution in [3.63, 3.8) is 0 Å². The Morgan fingerprint density at radius 3 is 2.00 bits per heavy atom. The van der Waals surface area contributed by atoms with Crippen LogP contribution in [0, 0.1) is 0 Å². The van der Waals surface area contributed by atoms with Gasteiger partial charge >= 0.3 is 0 Å². The number of aliphatic hydroxyl groups excluding tert-OH is 1. The van der Waals surface area contributed by atoms with Crippen molar-refractivity contribution in [1.82, 2.24) is 0 Å². The van der Waals surface area contributed by atoms with Crippen molar-refractivity contribution in [2.24, 2.45) is 0 Å². The summed E-state index contributed by atoms with van der Waals surface area (Å²) in [6.07, 6.45) is 17.1. The van der Waals surface area contributed by atoms with E-state index < -0.39 is 0 Å². The lowest BCUT2D eigenvalue weighted by Crippen LogP contribution is -1.79. The Bertz CT molecular complexity index is 474. The van der Waals surface area contributed by atoms with Gasteiger partial charge in [0, 0.05) is 5.56 Å². The van der Waals surface area contributed by atoms with E-state index in [-0.39, 0.29) is 5.76 Å². The first-order valence-electron chi connectivity index (χ1n) is 5.92. The monoisotopic (exact) mass is 238 g/mol. The van der Waals surface area contributed by atoms with Gasteiger partial charge < -0.3 is 5.11 Å². The van der Waals surface area contributed by atoms with Crippen LogP contribution in [0.15, 0.2) is 85.0 Å². The first-order chi connectivity index (χ1) is 8.84. The Morgan fingerprint density at radius 1 is 0.833 bits per heavy atom. The summed E-state index contributed by atoms with van der Waals surface area (Å²) in [4.78, 5) is 0. The fourth-order valence-electron chi connectivity index (χ4n) is 1.28. The van der Waals surface area contributed by atoms with Crippen molar-refractivity contribution >= 4 is 5.76 Å². The van der Waals surface area contributed by atoms with Crippen LogP contribution in [-0.4, -0.2) is 5.11 Å². The summed E-state index contributed by atoms with van der Waals surface area (Å²) in [5.41, 5.74) is 0.819. The molecule has 1 N–H and O–H groups in total. The van der Waals surface area contributed by atoms with Gasteiger partial charge in [-0.3, -0.25) is 0 Å². The zero-order valence-electron chi connectivity index (χ0n) is 10.5. The molecule has 0 amide bonds. The van der Waals surface area contributed by atoms with Crippen LogP contribution in [0.25, 0.3) is 5.76 Å². The molecule has 0 saturated carbocycles. The predicted molar refractivity (Wildman–Crippen MR) is 79.3 cm³/mol. The van der Waals surface area contributed by atoms with Gasteiger partial charge in [-0.2, -0.15) is 0 Å². The molecule has 0 unspecified atom stereocenters. The minimum Gasteiger partial charge on any atom is -0.507 e. The maximum absolute atomic E-state index is 9.76. The van der Waals surface area contributed by atoms with E-state index in [4.69, 9.17) is 0 Å². The van der Waals surface area contributed by atoms with Crippen LogP contribution in [0.3, 0.4) is 0 Å². The molecule has 1 nitrogen and oxygen atoms in total. The van der Waals surface area contributed by atoms with Crippen molar-refractivity contribution in [2.45, 2.75) is 6.92 Å². The Morgan fingerprint density at radius 2 is 1.39 bits per heavy atom. The molecule has 0 aliphatic heterocycles. The van der Waals surface area contributed by atoms with E-state index in [9.17, 15) is 5.11 Å². The third-order valence-electron chi connectivity index (χ3n) is 2.18. The highest BCUT2D eigenvalue weighted by Gasteiger charge is 1.93. The standard InChI is InChI=1S/C17H18O/c1-2-3-4-5-6-7-8-12-15-17(18)16-13-10-9-11-14-16/h2-15,18H,1H3. The minimum atomic E-state index is 0.268. The summed E-state index contributed by atoms with van der Waals surface area (Å²) in [6.45, 7) is 1.98. The molecule has 1 aromatic carbocycles. The average molecular weight is 238 g/mol. The highest BCUT2D eigenvalue weighted by atomic mass is 16.3. The minimum absolute atomic E-state index is 0.268. The number of hydrogen-bond donors (Lipinski definition) is 1. The normalized spacial score (nSPS) is 13.5. The average Bonchev–Trinajstić information content (AvgIpc) is 2.42. The van der Waals surface area contributed by atoms with Crippen molar-refractivity contribution < 1.29 is 5.11 Å². The third kappa shape index (κ3) is 5.71. The lowest BCUT2D eigenvalue weighted by Gasteiger charge is -1.96. The van der Waals surface area contributed by atoms with Crippen LogP contribution in [0.5, 0.6) is 0 Å². The molecule has 0 bridgehead atoms. The Hall–Kier alpha value is -2.28. The zero-order valence-corrected chi connectivity index (χ0v) is 10.5. The van der Waals surface area contributed by atoms with E-state index in [1.807, 2.05) is 85.9 Å². The summed E-state index contributed by atoms with van der Waals surface area (Å²) in [6, 6.07) is 9.46. The predicted octanol–water partition coefficient (Wildman–Crippen LogP) is 4.83. The summed E-state index contributed by atoms with van der Waals surface area (Å²) in [7, 11) is 0. The molecule has 0 heterocycles. The van der Waals surface area contributed by atoms with E-state index in [0.717, 1.165) is 5.56 Å². The molecule has 18 heavy (non-hydrogen) atoms. The Kier molecular flexibility index (Phi) is 6.76. The summed E-state index contributed by atoms with van der Waals surface area (Å²) < 4.78 is 0. The Labute approximate surface area is 109 Å². The number of aliphatic hydroxyl groups is 1. The molecule has 0 spiro atoms. The van der Waals surface area contributed by atoms with Crippen molar-refractivity contribution in [2.75, 3.05) is 0 Å². The molecular weight excluding hydrogens is 220 g/mol. The van der Waals surface area contributed by atoms with E-state index in [2.05, 4.69) is 0 Å². The van der Waals surface area contributed by atoms with E-state index in [1.54, 1.807) is 6.08 Å². The Balaban J connectivity index is 2.49. The number of rotatable bonds is 5. The summed E-state index contributed by atoms with van der Waals surface area (Å²) >= 11 is 0. The first-order valence-corrected chi connectivity index (χ1v) is 5.92. The molecule has 0 saturated heterocycles. The maximum atomic E-state index is 9.76. The molecule has 0 fully saturated rings. The molecule has 0 aliphatic rings.